The smallest absolute Gasteiger partial charge is 0.428 e. The van der Waals surface area contributed by atoms with Gasteiger partial charge < -0.3 is 47.0 Å². The minimum atomic E-state index is -4.84. The highest BCUT2D eigenvalue weighted by Crippen LogP contribution is 2.49. The number of aromatic nitrogens is 8. The van der Waals surface area contributed by atoms with E-state index in [1.165, 1.54) is 25.7 Å². The maximum absolute atomic E-state index is 13.2. The molecule has 4 atom stereocenters. The van der Waals surface area contributed by atoms with Crippen molar-refractivity contribution in [3.05, 3.63) is 219 Å². The Morgan fingerprint density at radius 3 is 1.35 bits per heavy atom. The van der Waals surface area contributed by atoms with E-state index in [0.29, 0.717) is 67.8 Å². The molecule has 8 aromatic carbocycles. The summed E-state index contributed by atoms with van der Waals surface area (Å²) in [6.45, 7) is 22.3. The maximum Gasteiger partial charge on any atom is 0.498 e. The van der Waals surface area contributed by atoms with Crippen LogP contribution in [-0.4, -0.2) is 131 Å². The van der Waals surface area contributed by atoms with Crippen LogP contribution in [0.1, 0.15) is 158 Å². The molecule has 6 fully saturated rings. The quantitative estimate of drug-likeness (QED) is 0.0985. The second-order valence-corrected chi connectivity index (χ2v) is 39.2. The summed E-state index contributed by atoms with van der Waals surface area (Å²) in [6, 6.07) is 57.2. The van der Waals surface area contributed by atoms with Crippen molar-refractivity contribution in [2.45, 2.75) is 200 Å². The molecule has 5 aliphatic carbocycles. The molecule has 5 saturated carbocycles. The summed E-state index contributed by atoms with van der Waals surface area (Å²) in [4.78, 5) is 76.6. The van der Waals surface area contributed by atoms with Gasteiger partial charge in [-0.15, -0.1) is 0 Å². The van der Waals surface area contributed by atoms with Crippen molar-refractivity contribution in [1.29, 1.82) is 0 Å². The van der Waals surface area contributed by atoms with Gasteiger partial charge in [-0.05, 0) is 282 Å². The van der Waals surface area contributed by atoms with Gasteiger partial charge in [-0.1, -0.05) is 116 Å². The number of rotatable bonds is 10. The number of nitrogens with one attached hydrogen (secondary N) is 1. The van der Waals surface area contributed by atoms with Gasteiger partial charge in [0.05, 0.1) is 75.7 Å². The Balaban J connectivity index is 0.000000112. The van der Waals surface area contributed by atoms with Crippen LogP contribution in [0.4, 0.5) is 71.0 Å². The first-order valence-electron chi connectivity index (χ1n) is 45.2. The van der Waals surface area contributed by atoms with Gasteiger partial charge in [0.2, 0.25) is 17.1 Å². The SMILES string of the molecule is CC.CC1(C)OB(c2cnn(C3CC3)c2)OC1(C)C.C[C@H]1CCc2cc(Br)ccc2N1C(=O)C(F)(F)F.C[C@H]1CN(c2nc3ccccc3o2)c2cc(-c3cnn(C4CC4)c3)ccc2N1C(=O)C1CC1.C[C@H]1CN(c2nc3ccccc3o2)c2cc(Br)ccc2N1.C[C@H]1CN(c2nc3ccccc3o2)c2cc(Br)ccc2N1C(=O)C1CC1.Clc1nc2ccccc2o1.O=C(Cl)C1CC1. The number of halogens is 8. The van der Waals surface area contributed by atoms with Crippen LogP contribution in [0.3, 0.4) is 0 Å². The average molecular weight is 2040 g/mol. The molecule has 0 unspecified atom stereocenters. The molecule has 1 saturated heterocycles. The van der Waals surface area contributed by atoms with Crippen LogP contribution < -0.4 is 40.2 Å². The second-order valence-electron chi connectivity index (χ2n) is 35.8. The van der Waals surface area contributed by atoms with Gasteiger partial charge in [0.15, 0.2) is 22.3 Å². The van der Waals surface area contributed by atoms with Gasteiger partial charge in [0, 0.05) is 98.2 Å². The van der Waals surface area contributed by atoms with Crippen LogP contribution in [-0.2, 0) is 34.9 Å². The maximum atomic E-state index is 13.2. The molecule has 24 rings (SSSR count). The van der Waals surface area contributed by atoms with Crippen LogP contribution in [0, 0.1) is 17.8 Å². The van der Waals surface area contributed by atoms with E-state index < -0.39 is 18.1 Å². The Bertz CT molecular complexity index is 6450. The van der Waals surface area contributed by atoms with Crippen molar-refractivity contribution >= 4 is 209 Å². The Morgan fingerprint density at radius 2 is 0.887 bits per heavy atom. The highest BCUT2D eigenvalue weighted by molar-refractivity contribution is 9.11. The number of benzene rings is 8. The third-order valence-electron chi connectivity index (χ3n) is 24.9. The Morgan fingerprint density at radius 1 is 0.459 bits per heavy atom. The molecule has 5 aliphatic heterocycles. The third-order valence-corrected chi connectivity index (χ3v) is 26.8. The summed E-state index contributed by atoms with van der Waals surface area (Å²) in [5.74, 6) is -0.754. The molecular weight excluding hydrogens is 1940 g/mol. The minimum Gasteiger partial charge on any atom is -0.428 e. The van der Waals surface area contributed by atoms with Crippen molar-refractivity contribution < 1.29 is 59.3 Å². The first-order chi connectivity index (χ1) is 63.8. The van der Waals surface area contributed by atoms with E-state index in [2.05, 4.69) is 189 Å². The Kier molecular flexibility index (Phi) is 27.7. The molecule has 692 valence electrons. The zero-order valence-corrected chi connectivity index (χ0v) is 81.5. The topological polar surface area (TPSA) is 258 Å². The number of amides is 3. The second kappa shape index (κ2) is 39.2. The minimum absolute atomic E-state index is 0.0177. The molecule has 10 aliphatic rings. The lowest BCUT2D eigenvalue weighted by molar-refractivity contribution is -0.171. The van der Waals surface area contributed by atoms with E-state index in [1.54, 1.807) is 25.1 Å². The molecule has 133 heavy (non-hydrogen) atoms. The fraction of sp³-hybridized carbons (Fsp3) is 0.374. The van der Waals surface area contributed by atoms with Crippen molar-refractivity contribution in [2.24, 2.45) is 17.8 Å². The van der Waals surface area contributed by atoms with Crippen LogP contribution >= 0.6 is 71.0 Å². The first-order valence-corrected chi connectivity index (χ1v) is 48.4. The normalized spacial score (nSPS) is 19.5. The highest BCUT2D eigenvalue weighted by Gasteiger charge is 2.53. The number of carbonyl (C=O) groups excluding carboxylic acids is 4. The molecule has 0 spiro atoms. The van der Waals surface area contributed by atoms with E-state index in [1.807, 2.05) is 162 Å². The fourth-order valence-corrected chi connectivity index (χ4v) is 18.0. The molecule has 3 amide bonds. The molecule has 11 heterocycles. The summed E-state index contributed by atoms with van der Waals surface area (Å²) in [6.07, 6.45) is 15.3. The van der Waals surface area contributed by atoms with E-state index >= 15 is 0 Å². The molecule has 14 aromatic rings. The lowest BCUT2D eigenvalue weighted by Gasteiger charge is -2.40. The van der Waals surface area contributed by atoms with Crippen LogP contribution in [0.2, 0.25) is 5.35 Å². The summed E-state index contributed by atoms with van der Waals surface area (Å²) >= 11 is 20.9. The summed E-state index contributed by atoms with van der Waals surface area (Å²) in [7, 11) is -0.285. The standard InChI is InChI=1S/C26H25N5O2.C20H18BrN3O2.C16H14BrN3O.C12H19BN2O2.C12H11BrF3NO.C7H4ClNO.C4H5ClO.C2H6/c1-16-14-29(26-28-21-4-2-3-5-24(21)33-26)23-12-18(19-13-27-30(15-19)20-9-10-20)8-11-22(23)31(16)25(32)17-6-7-17;1-12-11-23(20-22-15-4-2-3-5-18(15)26-20)17-10-14(21)8-9-16(17)24(12)19(25)13-6-7-13;1-10-9-20(14-8-11(17)6-7-12(14)18-10)16-19-13-4-2-3-5-15(13)21-16;1-11(2)12(3,4)17-13(16-11)9-7-14-15(8-9)10-5-6-10;1-7-2-3-8-6-9(13)4-5-10(8)17(7)11(18)12(14,15)16;8-7-9-5-3-1-2-4-6(5)10-7;5-4(6)3-1-2-3;1-2/h2-5,8,11-13,15-17,20H,6-7,9-10,14H2,1H3;2-5,8-10,12-13H,6-7,11H2,1H3;2-8,10,18H,9H2,1H3;7-8,10H,5-6H2,1-4H3;4-7H,2-3H2,1H3;1-4H;3H,1-2H2;1-2H3/t16-;12-;10-;;7-;;;/m000.0.../s1. The summed E-state index contributed by atoms with van der Waals surface area (Å²) < 4.78 is 79.7. The number of fused-ring (bicyclic) bond motifs is 8. The van der Waals surface area contributed by atoms with Crippen LogP contribution in [0.15, 0.2) is 226 Å². The van der Waals surface area contributed by atoms with Gasteiger partial charge in [-0.2, -0.15) is 43.3 Å². The van der Waals surface area contributed by atoms with Crippen LogP contribution in [0.25, 0.3) is 55.5 Å². The average Bonchev–Trinajstić information content (AvgIpc) is 1.15. The van der Waals surface area contributed by atoms with Gasteiger partial charge in [0.25, 0.3) is 5.35 Å². The molecular formula is C99H102BBr3Cl2F3N15O10. The number of carbonyl (C=O) groups is 4. The third kappa shape index (κ3) is 21.3. The predicted octanol–water partition coefficient (Wildman–Crippen LogP) is 24.6. The zero-order chi connectivity index (χ0) is 93.6. The van der Waals surface area contributed by atoms with Gasteiger partial charge in [0.1, 0.15) is 22.1 Å². The fourth-order valence-electron chi connectivity index (χ4n) is 16.5. The van der Waals surface area contributed by atoms with Crippen molar-refractivity contribution in [3.8, 4) is 11.1 Å². The van der Waals surface area contributed by atoms with Crippen molar-refractivity contribution in [3.63, 3.8) is 0 Å². The molecule has 1 N–H and O–H groups in total. The predicted molar refractivity (Wildman–Crippen MR) is 525 cm³/mol. The largest absolute Gasteiger partial charge is 0.498 e. The first kappa shape index (κ1) is 93.9. The highest BCUT2D eigenvalue weighted by atomic mass is 79.9. The number of hydrogen-bond acceptors (Lipinski definition) is 20. The van der Waals surface area contributed by atoms with E-state index in [4.69, 9.17) is 55.2 Å². The number of aryl methyl sites for hydroxylation is 1. The number of alkyl halides is 3. The van der Waals surface area contributed by atoms with E-state index in [0.717, 1.165) is 164 Å². The zero-order valence-electron chi connectivity index (χ0n) is 75.2. The molecule has 0 radical (unpaired) electrons. The number of para-hydroxylation sites is 8. The van der Waals surface area contributed by atoms with E-state index in [9.17, 15) is 32.3 Å². The molecule has 34 heteroatoms. The molecule has 6 aromatic heterocycles. The lowest BCUT2D eigenvalue weighted by Crippen LogP contribution is -2.49. The summed E-state index contributed by atoms with van der Waals surface area (Å²) in [5.41, 5.74) is 16.1. The number of nitrogens with zero attached hydrogens (tertiary/aromatic N) is 14. The van der Waals surface area contributed by atoms with E-state index in [-0.39, 0.29) is 70.6 Å². The van der Waals surface area contributed by atoms with Gasteiger partial charge >= 0.3 is 37.2 Å². The van der Waals surface area contributed by atoms with Crippen LogP contribution in [0.5, 0.6) is 0 Å². The molecule has 25 nitrogen and oxygen atoms in total. The van der Waals surface area contributed by atoms with Crippen molar-refractivity contribution in [1.82, 2.24) is 39.5 Å². The monoisotopic (exact) mass is 2040 g/mol. The Hall–Kier alpha value is -10.9. The Labute approximate surface area is 803 Å². The molecule has 0 bridgehead atoms. The number of oxazole rings is 4. The number of anilines is 10. The van der Waals surface area contributed by atoms with Crippen molar-refractivity contribution in [2.75, 3.05) is 54.4 Å². The number of hydrogen-bond donors (Lipinski definition) is 1. The lowest BCUT2D eigenvalue weighted by atomic mass is 9.82. The van der Waals surface area contributed by atoms with Gasteiger partial charge in [-0.25, -0.2) is 0 Å². The van der Waals surface area contributed by atoms with Gasteiger partial charge in [-0.3, -0.25) is 43.2 Å². The summed E-state index contributed by atoms with van der Waals surface area (Å²) in [5, 5.41) is 12.5.